The molecule has 1 aromatic carbocycles. The van der Waals surface area contributed by atoms with Crippen LogP contribution in [0.3, 0.4) is 0 Å². The molecule has 0 amide bonds. The first kappa shape index (κ1) is 14.4. The summed E-state index contributed by atoms with van der Waals surface area (Å²) in [6.45, 7) is 1.98. The molecule has 0 spiro atoms. The summed E-state index contributed by atoms with van der Waals surface area (Å²) in [5, 5.41) is 0. The lowest BCUT2D eigenvalue weighted by Gasteiger charge is -2.10. The van der Waals surface area contributed by atoms with Gasteiger partial charge in [0.2, 0.25) is 0 Å². The highest BCUT2D eigenvalue weighted by atomic mass is 19.4. The Morgan fingerprint density at radius 3 is 2.55 bits per heavy atom. The number of benzene rings is 1. The molecular formula is C16H13F3N2O. The van der Waals surface area contributed by atoms with Crippen LogP contribution in [0.2, 0.25) is 0 Å². The van der Waals surface area contributed by atoms with Gasteiger partial charge in [0.1, 0.15) is 11.4 Å². The Hall–Kier alpha value is -2.50. The second-order valence-electron chi connectivity index (χ2n) is 5.05. The molecule has 2 heterocycles. The lowest BCUT2D eigenvalue weighted by Crippen LogP contribution is -2.17. The van der Waals surface area contributed by atoms with Gasteiger partial charge in [-0.25, -0.2) is 4.98 Å². The minimum absolute atomic E-state index is 0.215. The van der Waals surface area contributed by atoms with E-state index in [0.29, 0.717) is 6.42 Å². The number of pyridine rings is 1. The van der Waals surface area contributed by atoms with Crippen molar-refractivity contribution < 1.29 is 17.9 Å². The predicted octanol–water partition coefficient (Wildman–Crippen LogP) is 4.13. The van der Waals surface area contributed by atoms with Crippen LogP contribution in [-0.4, -0.2) is 15.7 Å². The number of nitrogens with zero attached hydrogens (tertiary/aromatic N) is 2. The van der Waals surface area contributed by atoms with E-state index < -0.39 is 6.36 Å². The Balaban J connectivity index is 1.84. The van der Waals surface area contributed by atoms with Crippen molar-refractivity contribution >= 4 is 5.65 Å². The molecule has 3 aromatic rings. The van der Waals surface area contributed by atoms with Gasteiger partial charge >= 0.3 is 6.36 Å². The lowest BCUT2D eigenvalue weighted by molar-refractivity contribution is -0.274. The van der Waals surface area contributed by atoms with E-state index in [1.165, 1.54) is 12.1 Å². The molecule has 114 valence electrons. The number of hydrogen-bond donors (Lipinski definition) is 0. The van der Waals surface area contributed by atoms with Crippen LogP contribution >= 0.6 is 0 Å². The Labute approximate surface area is 125 Å². The molecule has 0 radical (unpaired) electrons. The summed E-state index contributed by atoms with van der Waals surface area (Å²) in [6.07, 6.45) is -0.481. The number of fused-ring (bicyclic) bond motifs is 1. The summed E-state index contributed by atoms with van der Waals surface area (Å²) in [5.74, 6) is -0.215. The van der Waals surface area contributed by atoms with Gasteiger partial charge in [-0.15, -0.1) is 13.2 Å². The van der Waals surface area contributed by atoms with Crippen LogP contribution in [0.5, 0.6) is 5.75 Å². The Kier molecular flexibility index (Phi) is 3.52. The Bertz CT molecular complexity index is 791. The molecule has 0 atom stereocenters. The summed E-state index contributed by atoms with van der Waals surface area (Å²) >= 11 is 0. The summed E-state index contributed by atoms with van der Waals surface area (Å²) in [6, 6.07) is 9.92. The van der Waals surface area contributed by atoms with Crippen molar-refractivity contribution in [2.24, 2.45) is 0 Å². The topological polar surface area (TPSA) is 26.5 Å². The zero-order valence-corrected chi connectivity index (χ0v) is 11.8. The highest BCUT2D eigenvalue weighted by Gasteiger charge is 2.30. The van der Waals surface area contributed by atoms with Gasteiger partial charge < -0.3 is 9.14 Å². The van der Waals surface area contributed by atoms with Crippen molar-refractivity contribution in [1.82, 2.24) is 9.38 Å². The molecule has 3 rings (SSSR count). The molecule has 6 heteroatoms. The van der Waals surface area contributed by atoms with E-state index in [9.17, 15) is 13.2 Å². The number of ether oxygens (including phenoxy) is 1. The number of aromatic nitrogens is 2. The number of hydrogen-bond acceptors (Lipinski definition) is 2. The van der Waals surface area contributed by atoms with Gasteiger partial charge in [0.15, 0.2) is 0 Å². The molecule has 0 unspecified atom stereocenters. The summed E-state index contributed by atoms with van der Waals surface area (Å²) in [7, 11) is 0. The minimum atomic E-state index is -4.67. The van der Waals surface area contributed by atoms with Gasteiger partial charge in [0, 0.05) is 24.5 Å². The van der Waals surface area contributed by atoms with Gasteiger partial charge in [0.05, 0.1) is 0 Å². The molecule has 22 heavy (non-hydrogen) atoms. The average molecular weight is 306 g/mol. The van der Waals surface area contributed by atoms with E-state index >= 15 is 0 Å². The normalized spacial score (nSPS) is 11.8. The number of halogens is 3. The molecule has 0 aliphatic heterocycles. The van der Waals surface area contributed by atoms with Crippen LogP contribution < -0.4 is 4.74 Å². The van der Waals surface area contributed by atoms with E-state index in [1.807, 2.05) is 29.7 Å². The monoisotopic (exact) mass is 306 g/mol. The molecular weight excluding hydrogens is 293 g/mol. The van der Waals surface area contributed by atoms with E-state index in [0.717, 1.165) is 22.5 Å². The smallest absolute Gasteiger partial charge is 0.406 e. The van der Waals surface area contributed by atoms with Gasteiger partial charge in [-0.05, 0) is 42.3 Å². The number of rotatable bonds is 3. The summed E-state index contributed by atoms with van der Waals surface area (Å²) < 4.78 is 42.3. The quantitative estimate of drug-likeness (QED) is 0.727. The van der Waals surface area contributed by atoms with Crippen LogP contribution in [0.4, 0.5) is 13.2 Å². The fraction of sp³-hybridized carbons (Fsp3) is 0.188. The van der Waals surface area contributed by atoms with Crippen LogP contribution in [0.15, 0.2) is 48.8 Å². The van der Waals surface area contributed by atoms with Gasteiger partial charge in [-0.1, -0.05) is 12.1 Å². The molecule has 0 saturated carbocycles. The second kappa shape index (κ2) is 5.36. The van der Waals surface area contributed by atoms with Crippen molar-refractivity contribution in [3.8, 4) is 5.75 Å². The highest BCUT2D eigenvalue weighted by molar-refractivity contribution is 5.44. The summed E-state index contributed by atoms with van der Waals surface area (Å²) in [4.78, 5) is 4.25. The van der Waals surface area contributed by atoms with Crippen molar-refractivity contribution in [3.63, 3.8) is 0 Å². The van der Waals surface area contributed by atoms with Crippen LogP contribution in [-0.2, 0) is 6.42 Å². The van der Waals surface area contributed by atoms with Gasteiger partial charge in [0.25, 0.3) is 0 Å². The minimum Gasteiger partial charge on any atom is -0.406 e. The van der Waals surface area contributed by atoms with Crippen molar-refractivity contribution in [2.45, 2.75) is 19.7 Å². The van der Waals surface area contributed by atoms with E-state index in [-0.39, 0.29) is 5.75 Å². The third-order valence-corrected chi connectivity index (χ3v) is 3.27. The first-order valence-electron chi connectivity index (χ1n) is 6.68. The van der Waals surface area contributed by atoms with Crippen molar-refractivity contribution in [1.29, 1.82) is 0 Å². The van der Waals surface area contributed by atoms with Gasteiger partial charge in [-0.2, -0.15) is 0 Å². The van der Waals surface area contributed by atoms with E-state index in [2.05, 4.69) is 9.72 Å². The Morgan fingerprint density at radius 2 is 1.86 bits per heavy atom. The maximum absolute atomic E-state index is 12.1. The largest absolute Gasteiger partial charge is 0.573 e. The first-order chi connectivity index (χ1) is 10.4. The van der Waals surface area contributed by atoms with Crippen LogP contribution in [0, 0.1) is 6.92 Å². The molecule has 0 aliphatic carbocycles. The third-order valence-electron chi connectivity index (χ3n) is 3.27. The van der Waals surface area contributed by atoms with E-state index in [1.54, 1.807) is 18.3 Å². The molecule has 3 nitrogen and oxygen atoms in total. The third kappa shape index (κ3) is 3.21. The molecule has 0 bridgehead atoms. The van der Waals surface area contributed by atoms with Crippen molar-refractivity contribution in [2.75, 3.05) is 0 Å². The average Bonchev–Trinajstić information content (AvgIpc) is 2.87. The van der Waals surface area contributed by atoms with E-state index in [4.69, 9.17) is 0 Å². The zero-order valence-electron chi connectivity index (χ0n) is 11.8. The van der Waals surface area contributed by atoms with Gasteiger partial charge in [-0.3, -0.25) is 0 Å². The van der Waals surface area contributed by atoms with Crippen LogP contribution in [0.25, 0.3) is 5.65 Å². The standard InChI is InChI=1S/C16H13F3N2O/c1-11-8-13(21-7-6-20-15(21)9-11)10-12-2-4-14(5-3-12)22-16(17,18)19/h2-9H,10H2,1H3. The molecule has 2 aromatic heterocycles. The summed E-state index contributed by atoms with van der Waals surface area (Å²) in [5.41, 5.74) is 3.87. The lowest BCUT2D eigenvalue weighted by atomic mass is 10.1. The number of aryl methyl sites for hydroxylation is 1. The molecule has 0 N–H and O–H groups in total. The molecule has 0 fully saturated rings. The zero-order chi connectivity index (χ0) is 15.7. The highest BCUT2D eigenvalue weighted by Crippen LogP contribution is 2.23. The van der Waals surface area contributed by atoms with Crippen molar-refractivity contribution in [3.05, 3.63) is 65.6 Å². The fourth-order valence-electron chi connectivity index (χ4n) is 2.40. The second-order valence-corrected chi connectivity index (χ2v) is 5.05. The Morgan fingerprint density at radius 1 is 1.14 bits per heavy atom. The maximum Gasteiger partial charge on any atom is 0.573 e. The SMILES string of the molecule is Cc1cc(Cc2ccc(OC(F)(F)F)cc2)n2ccnc2c1. The predicted molar refractivity (Wildman–Crippen MR) is 75.9 cm³/mol. The number of alkyl halides is 3. The fourth-order valence-corrected chi connectivity index (χ4v) is 2.40. The van der Waals surface area contributed by atoms with Crippen LogP contribution in [0.1, 0.15) is 16.8 Å². The number of imidazole rings is 1. The molecule has 0 aliphatic rings. The first-order valence-corrected chi connectivity index (χ1v) is 6.68. The maximum atomic E-state index is 12.1. The molecule has 0 saturated heterocycles.